The Morgan fingerprint density at radius 2 is 1.83 bits per heavy atom. The number of benzene rings is 1. The van der Waals surface area contributed by atoms with Crippen molar-refractivity contribution in [2.24, 2.45) is 0 Å². The third-order valence-electron chi connectivity index (χ3n) is 4.29. The highest BCUT2D eigenvalue weighted by molar-refractivity contribution is 6.23. The predicted octanol–water partition coefficient (Wildman–Crippen LogP) is -0.0205. The zero-order valence-corrected chi connectivity index (χ0v) is 12.7. The van der Waals surface area contributed by atoms with Crippen molar-refractivity contribution >= 4 is 24.0 Å². The molecule has 0 aliphatic carbocycles. The van der Waals surface area contributed by atoms with E-state index in [2.05, 4.69) is 10.6 Å². The maximum Gasteiger partial charge on any atom is 0.262 e. The SMILES string of the molecule is CNC(=O)C(CCC=O)N1C(=O)c2cc3c(cc2C1=O)CNC3. The minimum atomic E-state index is -0.967. The van der Waals surface area contributed by atoms with Gasteiger partial charge in [0, 0.05) is 26.6 Å². The number of carbonyl (C=O) groups excluding carboxylic acids is 4. The van der Waals surface area contributed by atoms with Crippen molar-refractivity contribution in [3.63, 3.8) is 0 Å². The van der Waals surface area contributed by atoms with E-state index in [1.807, 2.05) is 0 Å². The monoisotopic (exact) mass is 315 g/mol. The summed E-state index contributed by atoms with van der Waals surface area (Å²) < 4.78 is 0. The lowest BCUT2D eigenvalue weighted by atomic mass is 10.0. The average Bonchev–Trinajstić information content (AvgIpc) is 3.11. The van der Waals surface area contributed by atoms with Crippen LogP contribution in [0, 0.1) is 0 Å². The van der Waals surface area contributed by atoms with Gasteiger partial charge < -0.3 is 15.4 Å². The third kappa shape index (κ3) is 2.43. The van der Waals surface area contributed by atoms with E-state index >= 15 is 0 Å². The molecule has 3 amide bonds. The number of rotatable bonds is 5. The summed E-state index contributed by atoms with van der Waals surface area (Å²) >= 11 is 0. The van der Waals surface area contributed by atoms with E-state index < -0.39 is 23.8 Å². The van der Waals surface area contributed by atoms with Gasteiger partial charge >= 0.3 is 0 Å². The van der Waals surface area contributed by atoms with Crippen molar-refractivity contribution in [3.8, 4) is 0 Å². The average molecular weight is 315 g/mol. The van der Waals surface area contributed by atoms with Crippen LogP contribution in [-0.4, -0.2) is 42.0 Å². The smallest absolute Gasteiger partial charge is 0.262 e. The summed E-state index contributed by atoms with van der Waals surface area (Å²) in [6.45, 7) is 1.32. The molecule has 2 aliphatic heterocycles. The topological polar surface area (TPSA) is 95.6 Å². The molecule has 1 aromatic rings. The maximum absolute atomic E-state index is 12.6. The molecule has 1 unspecified atom stereocenters. The number of nitrogens with zero attached hydrogens (tertiary/aromatic N) is 1. The number of aldehydes is 1. The second-order valence-electron chi connectivity index (χ2n) is 5.62. The van der Waals surface area contributed by atoms with Crippen LogP contribution in [0.4, 0.5) is 0 Å². The number of nitrogens with one attached hydrogen (secondary N) is 2. The summed E-state index contributed by atoms with van der Waals surface area (Å²) in [6, 6.07) is 2.49. The fourth-order valence-electron chi connectivity index (χ4n) is 3.11. The Hall–Kier alpha value is -2.54. The lowest BCUT2D eigenvalue weighted by molar-refractivity contribution is -0.124. The minimum absolute atomic E-state index is 0.103. The van der Waals surface area contributed by atoms with Gasteiger partial charge in [-0.25, -0.2) is 0 Å². The summed E-state index contributed by atoms with van der Waals surface area (Å²) in [4.78, 5) is 49.0. The van der Waals surface area contributed by atoms with Gasteiger partial charge in [-0.1, -0.05) is 0 Å². The molecule has 0 bridgehead atoms. The van der Waals surface area contributed by atoms with Crippen LogP contribution in [0.3, 0.4) is 0 Å². The first-order chi connectivity index (χ1) is 11.1. The highest BCUT2D eigenvalue weighted by Crippen LogP contribution is 2.30. The number of hydrogen-bond acceptors (Lipinski definition) is 5. The van der Waals surface area contributed by atoms with Crippen molar-refractivity contribution in [3.05, 3.63) is 34.4 Å². The molecule has 0 fully saturated rings. The number of carbonyl (C=O) groups is 4. The number of amides is 3. The van der Waals surface area contributed by atoms with E-state index in [4.69, 9.17) is 0 Å². The molecule has 2 heterocycles. The van der Waals surface area contributed by atoms with Crippen LogP contribution < -0.4 is 10.6 Å². The van der Waals surface area contributed by atoms with E-state index in [0.717, 1.165) is 16.0 Å². The highest BCUT2D eigenvalue weighted by Gasteiger charge is 2.43. The first-order valence-corrected chi connectivity index (χ1v) is 7.48. The second-order valence-corrected chi connectivity index (χ2v) is 5.62. The predicted molar refractivity (Wildman–Crippen MR) is 80.6 cm³/mol. The molecule has 120 valence electrons. The Bertz CT molecular complexity index is 671. The molecule has 0 spiro atoms. The quantitative estimate of drug-likeness (QED) is 0.588. The van der Waals surface area contributed by atoms with Crippen molar-refractivity contribution in [2.75, 3.05) is 7.05 Å². The Balaban J connectivity index is 1.98. The van der Waals surface area contributed by atoms with Crippen molar-refractivity contribution in [2.45, 2.75) is 32.0 Å². The maximum atomic E-state index is 12.6. The number of likely N-dealkylation sites (N-methyl/N-ethyl adjacent to an activating group) is 1. The fourth-order valence-corrected chi connectivity index (χ4v) is 3.11. The summed E-state index contributed by atoms with van der Waals surface area (Å²) in [6.07, 6.45) is 0.899. The normalized spacial score (nSPS) is 17.0. The zero-order chi connectivity index (χ0) is 16.6. The van der Waals surface area contributed by atoms with Gasteiger partial charge in [-0.15, -0.1) is 0 Å². The molecule has 7 nitrogen and oxygen atoms in total. The molecular formula is C16H17N3O4. The molecule has 0 radical (unpaired) electrons. The number of imide groups is 1. The molecule has 0 aromatic heterocycles. The van der Waals surface area contributed by atoms with Crippen LogP contribution in [0.5, 0.6) is 0 Å². The Labute approximate surface area is 133 Å². The zero-order valence-electron chi connectivity index (χ0n) is 12.7. The third-order valence-corrected chi connectivity index (χ3v) is 4.29. The largest absolute Gasteiger partial charge is 0.357 e. The lowest BCUT2D eigenvalue weighted by Gasteiger charge is -2.24. The van der Waals surface area contributed by atoms with Gasteiger partial charge in [0.2, 0.25) is 5.91 Å². The van der Waals surface area contributed by atoms with Gasteiger partial charge in [0.25, 0.3) is 11.8 Å². The fraction of sp³-hybridized carbons (Fsp3) is 0.375. The van der Waals surface area contributed by atoms with Crippen LogP contribution >= 0.6 is 0 Å². The lowest BCUT2D eigenvalue weighted by Crippen LogP contribution is -2.48. The molecule has 7 heteroatoms. The number of hydrogen-bond donors (Lipinski definition) is 2. The molecule has 1 aromatic carbocycles. The molecule has 1 atom stereocenters. The van der Waals surface area contributed by atoms with Crippen LogP contribution in [0.1, 0.15) is 44.7 Å². The van der Waals surface area contributed by atoms with Gasteiger partial charge in [-0.2, -0.15) is 0 Å². The standard InChI is InChI=1S/C16H17N3O4/c1-17-14(21)13(3-2-4-20)19-15(22)11-5-9-7-18-8-10(9)6-12(11)16(19)23/h4-6,13,18H,2-3,7-8H2,1H3,(H,17,21). The van der Waals surface area contributed by atoms with Crippen LogP contribution in [0.15, 0.2) is 12.1 Å². The van der Waals surface area contributed by atoms with Crippen LogP contribution in [-0.2, 0) is 22.7 Å². The summed E-state index contributed by atoms with van der Waals surface area (Å²) in [7, 11) is 1.44. The van der Waals surface area contributed by atoms with Gasteiger partial charge in [-0.3, -0.25) is 19.3 Å². The number of fused-ring (bicyclic) bond motifs is 2. The van der Waals surface area contributed by atoms with Crippen molar-refractivity contribution < 1.29 is 19.2 Å². The van der Waals surface area contributed by atoms with Crippen molar-refractivity contribution in [1.82, 2.24) is 15.5 Å². The first-order valence-electron chi connectivity index (χ1n) is 7.48. The Morgan fingerprint density at radius 1 is 1.26 bits per heavy atom. The van der Waals surface area contributed by atoms with Gasteiger partial charge in [0.1, 0.15) is 12.3 Å². The molecular weight excluding hydrogens is 298 g/mol. The van der Waals surface area contributed by atoms with Crippen LogP contribution in [0.2, 0.25) is 0 Å². The Kier molecular flexibility index (Phi) is 3.96. The molecule has 2 N–H and O–H groups in total. The highest BCUT2D eigenvalue weighted by atomic mass is 16.2. The van der Waals surface area contributed by atoms with Gasteiger partial charge in [0.15, 0.2) is 0 Å². The van der Waals surface area contributed by atoms with E-state index in [0.29, 0.717) is 30.5 Å². The summed E-state index contributed by atoms with van der Waals surface area (Å²) in [5.74, 6) is -1.39. The minimum Gasteiger partial charge on any atom is -0.357 e. The van der Waals surface area contributed by atoms with E-state index in [1.54, 1.807) is 12.1 Å². The summed E-state index contributed by atoms with van der Waals surface area (Å²) in [5, 5.41) is 5.62. The van der Waals surface area contributed by atoms with E-state index in [-0.39, 0.29) is 12.8 Å². The molecule has 0 saturated carbocycles. The Morgan fingerprint density at radius 3 is 2.30 bits per heavy atom. The van der Waals surface area contributed by atoms with E-state index in [9.17, 15) is 19.2 Å². The van der Waals surface area contributed by atoms with Crippen molar-refractivity contribution in [1.29, 1.82) is 0 Å². The molecule has 0 saturated heterocycles. The second kappa shape index (κ2) is 5.92. The van der Waals surface area contributed by atoms with Crippen LogP contribution in [0.25, 0.3) is 0 Å². The molecule has 2 aliphatic rings. The van der Waals surface area contributed by atoms with Gasteiger partial charge in [0.05, 0.1) is 11.1 Å². The van der Waals surface area contributed by atoms with Gasteiger partial charge in [-0.05, 0) is 29.7 Å². The molecule has 23 heavy (non-hydrogen) atoms. The summed E-state index contributed by atoms with van der Waals surface area (Å²) in [5.41, 5.74) is 2.65. The molecule has 3 rings (SSSR count). The first kappa shape index (κ1) is 15.4. The van der Waals surface area contributed by atoms with E-state index in [1.165, 1.54) is 7.05 Å².